The Morgan fingerprint density at radius 1 is 1.26 bits per heavy atom. The van der Waals surface area contributed by atoms with Gasteiger partial charge in [-0.25, -0.2) is 13.1 Å². The first-order valence-electron chi connectivity index (χ1n) is 8.99. The van der Waals surface area contributed by atoms with E-state index in [0.29, 0.717) is 25.5 Å². The second-order valence-electron chi connectivity index (χ2n) is 6.69. The average Bonchev–Trinajstić information content (AvgIpc) is 3.08. The van der Waals surface area contributed by atoms with Crippen LogP contribution >= 0.6 is 0 Å². The molecule has 1 atom stereocenters. The normalized spacial score (nSPS) is 17.0. The molecule has 0 aliphatic carbocycles. The first-order chi connectivity index (χ1) is 12.9. The molecule has 1 fully saturated rings. The van der Waals surface area contributed by atoms with Gasteiger partial charge in [0, 0.05) is 38.6 Å². The van der Waals surface area contributed by atoms with Gasteiger partial charge in [0.15, 0.2) is 0 Å². The van der Waals surface area contributed by atoms with Crippen LogP contribution in [0.15, 0.2) is 41.4 Å². The number of hydrogen-bond donors (Lipinski definition) is 1. The van der Waals surface area contributed by atoms with Crippen LogP contribution in [0.4, 0.5) is 0 Å². The number of benzene rings is 1. The second kappa shape index (κ2) is 8.43. The Morgan fingerprint density at radius 3 is 2.59 bits per heavy atom. The highest BCUT2D eigenvalue weighted by Gasteiger charge is 2.26. The van der Waals surface area contributed by atoms with E-state index in [4.69, 9.17) is 9.47 Å². The summed E-state index contributed by atoms with van der Waals surface area (Å²) in [5, 5.41) is 0. The van der Waals surface area contributed by atoms with E-state index in [1.165, 1.54) is 0 Å². The molecule has 1 unspecified atom stereocenters. The molecule has 27 heavy (non-hydrogen) atoms. The van der Waals surface area contributed by atoms with Gasteiger partial charge in [0.25, 0.3) is 0 Å². The maximum absolute atomic E-state index is 12.8. The third kappa shape index (κ3) is 4.52. The summed E-state index contributed by atoms with van der Waals surface area (Å²) in [6.45, 7) is 5.00. The van der Waals surface area contributed by atoms with Crippen LogP contribution in [-0.2, 0) is 21.8 Å². The molecule has 0 saturated carbocycles. The number of aryl methyl sites for hydroxylation is 2. The van der Waals surface area contributed by atoms with Crippen LogP contribution in [0, 0.1) is 6.92 Å². The lowest BCUT2D eigenvalue weighted by Crippen LogP contribution is -2.44. The zero-order chi connectivity index (χ0) is 19.4. The van der Waals surface area contributed by atoms with Crippen molar-refractivity contribution in [2.45, 2.75) is 17.9 Å². The molecule has 1 aliphatic heterocycles. The summed E-state index contributed by atoms with van der Waals surface area (Å²) in [4.78, 5) is 2.51. The lowest BCUT2D eigenvalue weighted by molar-refractivity contribution is 0.0158. The van der Waals surface area contributed by atoms with Crippen molar-refractivity contribution in [3.05, 3.63) is 47.8 Å². The van der Waals surface area contributed by atoms with Gasteiger partial charge in [-0.15, -0.1) is 0 Å². The first kappa shape index (κ1) is 19.9. The number of ether oxygens (including phenoxy) is 2. The molecule has 0 radical (unpaired) electrons. The number of nitrogens with zero attached hydrogens (tertiary/aromatic N) is 2. The average molecular weight is 394 g/mol. The summed E-state index contributed by atoms with van der Waals surface area (Å²) in [5.41, 5.74) is 1.86. The van der Waals surface area contributed by atoms with Crippen LogP contribution < -0.4 is 9.46 Å². The molecule has 0 bridgehead atoms. The highest BCUT2D eigenvalue weighted by molar-refractivity contribution is 7.89. The molecular formula is C19H27N3O4S. The summed E-state index contributed by atoms with van der Waals surface area (Å²) < 4.78 is 41.1. The van der Waals surface area contributed by atoms with Crippen LogP contribution in [0.25, 0.3) is 0 Å². The van der Waals surface area contributed by atoms with Crippen LogP contribution in [0.1, 0.15) is 17.3 Å². The highest BCUT2D eigenvalue weighted by Crippen LogP contribution is 2.24. The van der Waals surface area contributed by atoms with Crippen LogP contribution in [-0.4, -0.2) is 57.8 Å². The van der Waals surface area contributed by atoms with E-state index in [0.717, 1.165) is 24.3 Å². The number of sulfonamides is 1. The molecule has 2 aromatic rings. The van der Waals surface area contributed by atoms with E-state index in [1.54, 1.807) is 25.3 Å². The van der Waals surface area contributed by atoms with E-state index in [-0.39, 0.29) is 10.9 Å². The molecule has 1 aromatic carbocycles. The summed E-state index contributed by atoms with van der Waals surface area (Å²) in [6, 6.07) is 8.84. The molecule has 1 aliphatic rings. The van der Waals surface area contributed by atoms with Gasteiger partial charge in [0.05, 0.1) is 31.3 Å². The number of nitrogens with one attached hydrogen (secondary N) is 1. The number of hydrogen-bond acceptors (Lipinski definition) is 5. The van der Waals surface area contributed by atoms with Crippen LogP contribution in [0.2, 0.25) is 0 Å². The maximum Gasteiger partial charge on any atom is 0.240 e. The standard InChI is InChI=1S/C19H27N3O4S/c1-15-13-16(6-7-19(15)25-3)27(23,24)20-14-18(17-5-4-8-21(17)2)22-9-11-26-12-10-22/h4-8,13,18,20H,9-12,14H2,1-3H3. The Hall–Kier alpha value is -1.87. The topological polar surface area (TPSA) is 72.8 Å². The van der Waals surface area contributed by atoms with Crippen molar-refractivity contribution in [1.82, 2.24) is 14.2 Å². The van der Waals surface area contributed by atoms with Gasteiger partial charge < -0.3 is 14.0 Å². The van der Waals surface area contributed by atoms with Gasteiger partial charge in [-0.3, -0.25) is 4.90 Å². The molecular weight excluding hydrogens is 366 g/mol. The zero-order valence-corrected chi connectivity index (χ0v) is 16.8. The second-order valence-corrected chi connectivity index (χ2v) is 8.46. The lowest BCUT2D eigenvalue weighted by atomic mass is 10.1. The largest absolute Gasteiger partial charge is 0.496 e. The fraction of sp³-hybridized carbons (Fsp3) is 0.474. The quantitative estimate of drug-likeness (QED) is 0.775. The Bertz CT molecular complexity index is 873. The Labute approximate surface area is 160 Å². The number of aromatic nitrogens is 1. The summed E-state index contributed by atoms with van der Waals surface area (Å²) in [6.07, 6.45) is 1.98. The van der Waals surface area contributed by atoms with Crippen molar-refractivity contribution in [3.63, 3.8) is 0 Å². The third-order valence-corrected chi connectivity index (χ3v) is 6.38. The van der Waals surface area contributed by atoms with Crippen LogP contribution in [0.5, 0.6) is 5.75 Å². The van der Waals surface area contributed by atoms with Gasteiger partial charge in [0.1, 0.15) is 5.75 Å². The Morgan fingerprint density at radius 2 is 2.00 bits per heavy atom. The van der Waals surface area contributed by atoms with E-state index in [2.05, 4.69) is 9.62 Å². The number of rotatable bonds is 7. The zero-order valence-electron chi connectivity index (χ0n) is 16.0. The van der Waals surface area contributed by atoms with Crippen molar-refractivity contribution < 1.29 is 17.9 Å². The Kier molecular flexibility index (Phi) is 6.21. The van der Waals surface area contributed by atoms with Crippen molar-refractivity contribution in [2.24, 2.45) is 7.05 Å². The third-order valence-electron chi connectivity index (χ3n) is 4.96. The smallest absolute Gasteiger partial charge is 0.240 e. The fourth-order valence-corrected chi connectivity index (χ4v) is 4.54. The number of morpholine rings is 1. The molecule has 1 N–H and O–H groups in total. The molecule has 2 heterocycles. The molecule has 1 aromatic heterocycles. The van der Waals surface area contributed by atoms with Crippen molar-refractivity contribution >= 4 is 10.0 Å². The molecule has 3 rings (SSSR count). The molecule has 1 saturated heterocycles. The van der Waals surface area contributed by atoms with Crippen LogP contribution in [0.3, 0.4) is 0 Å². The number of methoxy groups -OCH3 is 1. The summed E-state index contributed by atoms with van der Waals surface area (Å²) in [7, 11) is -0.0709. The molecule has 0 spiro atoms. The highest BCUT2D eigenvalue weighted by atomic mass is 32.2. The van der Waals surface area contributed by atoms with Crippen molar-refractivity contribution in [1.29, 1.82) is 0 Å². The molecule has 0 amide bonds. The summed E-state index contributed by atoms with van der Waals surface area (Å²) >= 11 is 0. The predicted molar refractivity (Wildman–Crippen MR) is 103 cm³/mol. The molecule has 7 nitrogen and oxygen atoms in total. The minimum atomic E-state index is -3.62. The maximum atomic E-state index is 12.8. The molecule has 148 valence electrons. The van der Waals surface area contributed by atoms with Gasteiger partial charge in [0.2, 0.25) is 10.0 Å². The van der Waals surface area contributed by atoms with Crippen molar-refractivity contribution in [3.8, 4) is 5.75 Å². The van der Waals surface area contributed by atoms with E-state index < -0.39 is 10.0 Å². The summed E-state index contributed by atoms with van der Waals surface area (Å²) in [5.74, 6) is 0.670. The van der Waals surface area contributed by atoms with Gasteiger partial charge >= 0.3 is 0 Å². The van der Waals surface area contributed by atoms with Gasteiger partial charge in [-0.2, -0.15) is 0 Å². The first-order valence-corrected chi connectivity index (χ1v) is 10.5. The van der Waals surface area contributed by atoms with E-state index >= 15 is 0 Å². The fourth-order valence-electron chi connectivity index (χ4n) is 3.42. The minimum absolute atomic E-state index is 0.0528. The predicted octanol–water partition coefficient (Wildman–Crippen LogP) is 1.69. The van der Waals surface area contributed by atoms with E-state index in [1.807, 2.05) is 36.9 Å². The van der Waals surface area contributed by atoms with Gasteiger partial charge in [-0.1, -0.05) is 0 Å². The molecule has 8 heteroatoms. The van der Waals surface area contributed by atoms with Crippen molar-refractivity contribution in [2.75, 3.05) is 40.0 Å². The lowest BCUT2D eigenvalue weighted by Gasteiger charge is -2.34. The van der Waals surface area contributed by atoms with E-state index in [9.17, 15) is 8.42 Å². The minimum Gasteiger partial charge on any atom is -0.496 e. The monoisotopic (exact) mass is 393 g/mol. The Balaban J connectivity index is 1.79. The SMILES string of the molecule is COc1ccc(S(=O)(=O)NCC(c2cccn2C)N2CCOCC2)cc1C. The van der Waals surface area contributed by atoms with Gasteiger partial charge in [-0.05, 0) is 42.8 Å².